The summed E-state index contributed by atoms with van der Waals surface area (Å²) in [7, 11) is 1.60. The second-order valence-electron chi connectivity index (χ2n) is 6.62. The van der Waals surface area contributed by atoms with Crippen LogP contribution in [0.25, 0.3) is 0 Å². The van der Waals surface area contributed by atoms with Crippen LogP contribution in [0.5, 0.6) is 5.75 Å². The number of hydrogen-bond acceptors (Lipinski definition) is 6. The molecule has 0 aliphatic rings. The van der Waals surface area contributed by atoms with E-state index in [1.165, 1.54) is 0 Å². The van der Waals surface area contributed by atoms with E-state index in [0.29, 0.717) is 23.5 Å². The summed E-state index contributed by atoms with van der Waals surface area (Å²) in [6, 6.07) is 17.9. The number of nitrogens with zero attached hydrogens (tertiary/aromatic N) is 1. The number of nitrogen functional groups attached to an aromatic ring is 1. The van der Waals surface area contributed by atoms with Gasteiger partial charge in [-0.1, -0.05) is 42.5 Å². The number of Topliss-reactive ketones (excluding diaryl/α,β-unsaturated/α-hetero) is 1. The molecule has 1 aromatic heterocycles. The third-order valence-corrected chi connectivity index (χ3v) is 4.52. The normalized spacial score (nSPS) is 10.3. The summed E-state index contributed by atoms with van der Waals surface area (Å²) in [4.78, 5) is 28.3. The number of ether oxygens (including phenoxy) is 2. The smallest absolute Gasteiger partial charge is 0.407 e. The molecule has 0 saturated carbocycles. The number of carbonyl (C=O) groups is 2. The minimum atomic E-state index is -0.516. The first-order chi connectivity index (χ1) is 14.5. The molecule has 0 aliphatic heterocycles. The van der Waals surface area contributed by atoms with E-state index in [1.54, 1.807) is 49.7 Å². The van der Waals surface area contributed by atoms with Crippen LogP contribution in [-0.4, -0.2) is 24.0 Å². The quantitative estimate of drug-likeness (QED) is 0.556. The Morgan fingerprint density at radius 1 is 1.00 bits per heavy atom. The summed E-state index contributed by atoms with van der Waals surface area (Å²) in [5.74, 6) is 1.06. The van der Waals surface area contributed by atoms with Gasteiger partial charge in [0.15, 0.2) is 5.78 Å². The fourth-order valence-electron chi connectivity index (χ4n) is 2.78. The fraction of sp³-hybridized carbons (Fsp3) is 0.174. The molecule has 0 aliphatic carbocycles. The Labute approximate surface area is 174 Å². The summed E-state index contributed by atoms with van der Waals surface area (Å²) in [6.45, 7) is 0.464. The third kappa shape index (κ3) is 5.81. The van der Waals surface area contributed by atoms with Gasteiger partial charge in [-0.25, -0.2) is 9.78 Å². The molecule has 30 heavy (non-hydrogen) atoms. The Kier molecular flexibility index (Phi) is 7.00. The van der Waals surface area contributed by atoms with Crippen molar-refractivity contribution in [3.05, 3.63) is 89.1 Å². The maximum absolute atomic E-state index is 12.4. The van der Waals surface area contributed by atoms with Gasteiger partial charge in [-0.3, -0.25) is 4.79 Å². The standard InChI is InChI=1S/C23H23N3O4/c1-29-20-10-6-17(7-11-20)15-30-23(28)26-14-16-4-8-18(9-5-16)21(27)13-19-3-2-12-25-22(19)24/h2-12H,13-15H2,1H3,(H2,24,25)(H,26,28). The molecule has 7 nitrogen and oxygen atoms in total. The van der Waals surface area contributed by atoms with Gasteiger partial charge >= 0.3 is 6.09 Å². The molecule has 1 heterocycles. The van der Waals surface area contributed by atoms with Crippen LogP contribution in [-0.2, 0) is 24.3 Å². The topological polar surface area (TPSA) is 104 Å². The van der Waals surface area contributed by atoms with Crippen molar-refractivity contribution in [1.29, 1.82) is 0 Å². The van der Waals surface area contributed by atoms with Gasteiger partial charge in [-0.05, 0) is 29.3 Å². The van der Waals surface area contributed by atoms with E-state index < -0.39 is 6.09 Å². The number of ketones is 1. The van der Waals surface area contributed by atoms with Crippen molar-refractivity contribution in [2.45, 2.75) is 19.6 Å². The first-order valence-corrected chi connectivity index (χ1v) is 9.40. The molecule has 1 amide bonds. The van der Waals surface area contributed by atoms with E-state index in [4.69, 9.17) is 15.2 Å². The summed E-state index contributed by atoms with van der Waals surface area (Å²) in [5, 5.41) is 2.69. The predicted molar refractivity (Wildman–Crippen MR) is 113 cm³/mol. The van der Waals surface area contributed by atoms with Crippen LogP contribution in [0.1, 0.15) is 27.0 Å². The number of hydrogen-bond donors (Lipinski definition) is 2. The summed E-state index contributed by atoms with van der Waals surface area (Å²) >= 11 is 0. The summed E-state index contributed by atoms with van der Waals surface area (Å²) in [6.07, 6.45) is 1.26. The van der Waals surface area contributed by atoms with Crippen LogP contribution in [0, 0.1) is 0 Å². The second kappa shape index (κ2) is 10.1. The summed E-state index contributed by atoms with van der Waals surface area (Å²) < 4.78 is 10.3. The number of carbonyl (C=O) groups excluding carboxylic acids is 2. The molecule has 0 saturated heterocycles. The Hall–Kier alpha value is -3.87. The van der Waals surface area contributed by atoms with Gasteiger partial charge < -0.3 is 20.5 Å². The number of rotatable bonds is 8. The molecule has 7 heteroatoms. The van der Waals surface area contributed by atoms with Crippen LogP contribution in [0.15, 0.2) is 66.9 Å². The van der Waals surface area contributed by atoms with Crippen molar-refractivity contribution >= 4 is 17.7 Å². The number of benzene rings is 2. The van der Waals surface area contributed by atoms with Crippen molar-refractivity contribution < 1.29 is 19.1 Å². The molecule has 3 rings (SSSR count). The Morgan fingerprint density at radius 2 is 1.70 bits per heavy atom. The lowest BCUT2D eigenvalue weighted by Gasteiger charge is -2.08. The average Bonchev–Trinajstić information content (AvgIpc) is 2.78. The fourth-order valence-corrected chi connectivity index (χ4v) is 2.78. The minimum absolute atomic E-state index is 0.0480. The molecule has 2 aromatic carbocycles. The highest BCUT2D eigenvalue weighted by Crippen LogP contribution is 2.14. The lowest BCUT2D eigenvalue weighted by molar-refractivity contribution is 0.0993. The second-order valence-corrected chi connectivity index (χ2v) is 6.62. The molecule has 0 fully saturated rings. The monoisotopic (exact) mass is 405 g/mol. The lowest BCUT2D eigenvalue weighted by atomic mass is 10.0. The number of anilines is 1. The first kappa shape index (κ1) is 20.9. The number of pyridine rings is 1. The van der Waals surface area contributed by atoms with E-state index in [9.17, 15) is 9.59 Å². The van der Waals surface area contributed by atoms with Crippen molar-refractivity contribution in [3.63, 3.8) is 0 Å². The van der Waals surface area contributed by atoms with Gasteiger partial charge in [0.2, 0.25) is 0 Å². The molecule has 0 radical (unpaired) electrons. The Morgan fingerprint density at radius 3 is 2.37 bits per heavy atom. The van der Waals surface area contributed by atoms with E-state index in [-0.39, 0.29) is 18.8 Å². The van der Waals surface area contributed by atoms with Crippen LogP contribution < -0.4 is 15.8 Å². The van der Waals surface area contributed by atoms with Crippen LogP contribution in [0.4, 0.5) is 10.6 Å². The highest BCUT2D eigenvalue weighted by atomic mass is 16.5. The molecule has 0 unspecified atom stereocenters. The molecule has 0 spiro atoms. The van der Waals surface area contributed by atoms with Gasteiger partial charge in [-0.15, -0.1) is 0 Å². The average molecular weight is 405 g/mol. The third-order valence-electron chi connectivity index (χ3n) is 4.52. The van der Waals surface area contributed by atoms with Gasteiger partial charge in [0.1, 0.15) is 18.2 Å². The lowest BCUT2D eigenvalue weighted by Crippen LogP contribution is -2.23. The van der Waals surface area contributed by atoms with Crippen molar-refractivity contribution in [3.8, 4) is 5.75 Å². The van der Waals surface area contributed by atoms with Crippen molar-refractivity contribution in [2.75, 3.05) is 12.8 Å². The number of amides is 1. The van der Waals surface area contributed by atoms with Crippen LogP contribution in [0.3, 0.4) is 0 Å². The SMILES string of the molecule is COc1ccc(COC(=O)NCc2ccc(C(=O)Cc3cccnc3N)cc2)cc1. The highest BCUT2D eigenvalue weighted by molar-refractivity contribution is 5.98. The first-order valence-electron chi connectivity index (χ1n) is 9.40. The zero-order chi connectivity index (χ0) is 21.3. The Bertz CT molecular complexity index is 1000. The summed E-state index contributed by atoms with van der Waals surface area (Å²) in [5.41, 5.74) is 8.79. The van der Waals surface area contributed by atoms with Gasteiger partial charge in [0, 0.05) is 30.3 Å². The predicted octanol–water partition coefficient (Wildman–Crippen LogP) is 3.52. The van der Waals surface area contributed by atoms with E-state index in [1.807, 2.05) is 24.3 Å². The number of alkyl carbamates (subject to hydrolysis) is 1. The maximum atomic E-state index is 12.4. The molecule has 3 aromatic rings. The largest absolute Gasteiger partial charge is 0.497 e. The molecule has 0 atom stereocenters. The van der Waals surface area contributed by atoms with Gasteiger partial charge in [0.05, 0.1) is 7.11 Å². The molecule has 0 bridgehead atoms. The Balaban J connectivity index is 1.46. The molecular weight excluding hydrogens is 382 g/mol. The molecular formula is C23H23N3O4. The van der Waals surface area contributed by atoms with Crippen LogP contribution >= 0.6 is 0 Å². The van der Waals surface area contributed by atoms with Crippen LogP contribution in [0.2, 0.25) is 0 Å². The van der Waals surface area contributed by atoms with Crippen molar-refractivity contribution in [1.82, 2.24) is 10.3 Å². The van der Waals surface area contributed by atoms with Gasteiger partial charge in [-0.2, -0.15) is 0 Å². The number of methoxy groups -OCH3 is 1. The van der Waals surface area contributed by atoms with E-state index in [2.05, 4.69) is 10.3 Å². The van der Waals surface area contributed by atoms with Gasteiger partial charge in [0.25, 0.3) is 0 Å². The van der Waals surface area contributed by atoms with Crippen molar-refractivity contribution in [2.24, 2.45) is 0 Å². The highest BCUT2D eigenvalue weighted by Gasteiger charge is 2.10. The minimum Gasteiger partial charge on any atom is -0.497 e. The zero-order valence-corrected chi connectivity index (χ0v) is 16.6. The molecule has 154 valence electrons. The number of aromatic nitrogens is 1. The van der Waals surface area contributed by atoms with E-state index in [0.717, 1.165) is 16.9 Å². The number of nitrogens with two attached hydrogens (primary N) is 1. The van der Waals surface area contributed by atoms with E-state index >= 15 is 0 Å². The molecule has 3 N–H and O–H groups in total. The number of nitrogens with one attached hydrogen (secondary N) is 1. The zero-order valence-electron chi connectivity index (χ0n) is 16.6. The maximum Gasteiger partial charge on any atom is 0.407 e.